The van der Waals surface area contributed by atoms with E-state index in [4.69, 9.17) is 16.3 Å². The van der Waals surface area contributed by atoms with Crippen LogP contribution < -0.4 is 4.74 Å². The Morgan fingerprint density at radius 3 is 2.65 bits per heavy atom. The first kappa shape index (κ1) is 14.3. The van der Waals surface area contributed by atoms with Crippen molar-refractivity contribution >= 4 is 11.6 Å². The van der Waals surface area contributed by atoms with Crippen LogP contribution in [0.15, 0.2) is 6.20 Å². The maximum absolute atomic E-state index is 5.78. The minimum atomic E-state index is 0.649. The van der Waals surface area contributed by atoms with Gasteiger partial charge >= 0.3 is 0 Å². The third kappa shape index (κ3) is 3.58. The molecule has 1 aromatic heterocycles. The van der Waals surface area contributed by atoms with Crippen molar-refractivity contribution in [3.8, 4) is 5.75 Å². The van der Waals surface area contributed by atoms with Gasteiger partial charge < -0.3 is 4.74 Å². The van der Waals surface area contributed by atoms with Gasteiger partial charge in [-0.3, -0.25) is 9.88 Å². The molecule has 3 nitrogen and oxygen atoms in total. The van der Waals surface area contributed by atoms with Crippen molar-refractivity contribution in [1.29, 1.82) is 0 Å². The second-order valence-corrected chi connectivity index (χ2v) is 4.48. The fourth-order valence-electron chi connectivity index (χ4n) is 1.91. The largest absolute Gasteiger partial charge is 0.496 e. The van der Waals surface area contributed by atoms with Crippen LogP contribution in [0.3, 0.4) is 0 Å². The fraction of sp³-hybridized carbons (Fsp3) is 0.615. The molecule has 17 heavy (non-hydrogen) atoms. The van der Waals surface area contributed by atoms with Crippen LogP contribution in [0.25, 0.3) is 0 Å². The van der Waals surface area contributed by atoms with E-state index < -0.39 is 0 Å². The Morgan fingerprint density at radius 1 is 1.41 bits per heavy atom. The van der Waals surface area contributed by atoms with Gasteiger partial charge in [0.15, 0.2) is 0 Å². The lowest BCUT2D eigenvalue weighted by atomic mass is 10.1. The summed E-state index contributed by atoms with van der Waals surface area (Å²) >= 11 is 5.78. The number of pyridine rings is 1. The summed E-state index contributed by atoms with van der Waals surface area (Å²) < 4.78 is 5.41. The molecule has 0 saturated heterocycles. The molecule has 0 bridgehead atoms. The first-order valence-corrected chi connectivity index (χ1v) is 6.44. The number of aromatic nitrogens is 1. The van der Waals surface area contributed by atoms with Crippen molar-refractivity contribution in [2.24, 2.45) is 0 Å². The fourth-order valence-corrected chi connectivity index (χ4v) is 2.15. The maximum Gasteiger partial charge on any atom is 0.128 e. The van der Waals surface area contributed by atoms with E-state index >= 15 is 0 Å². The number of halogens is 1. The maximum atomic E-state index is 5.78. The van der Waals surface area contributed by atoms with Crippen LogP contribution in [0.4, 0.5) is 0 Å². The molecule has 0 fully saturated rings. The minimum absolute atomic E-state index is 0.649. The monoisotopic (exact) mass is 256 g/mol. The Balaban J connectivity index is 2.91. The van der Waals surface area contributed by atoms with Gasteiger partial charge in [0.05, 0.1) is 12.8 Å². The van der Waals surface area contributed by atoms with Crippen LogP contribution in [-0.2, 0) is 6.54 Å². The number of rotatable bonds is 6. The minimum Gasteiger partial charge on any atom is -0.496 e. The van der Waals surface area contributed by atoms with Crippen molar-refractivity contribution in [2.75, 3.05) is 26.1 Å². The van der Waals surface area contributed by atoms with Gasteiger partial charge in [-0.2, -0.15) is 0 Å². The average Bonchev–Trinajstić information content (AvgIpc) is 2.32. The van der Waals surface area contributed by atoms with Crippen molar-refractivity contribution < 1.29 is 4.74 Å². The number of methoxy groups -OCH3 is 1. The molecule has 0 aliphatic rings. The lowest BCUT2D eigenvalue weighted by molar-refractivity contribution is 0.292. The lowest BCUT2D eigenvalue weighted by Gasteiger charge is -2.20. The first-order chi connectivity index (χ1) is 8.13. The quantitative estimate of drug-likeness (QED) is 0.732. The predicted molar refractivity (Wildman–Crippen MR) is 71.9 cm³/mol. The van der Waals surface area contributed by atoms with Gasteiger partial charge in [0.1, 0.15) is 5.75 Å². The smallest absolute Gasteiger partial charge is 0.128 e. The van der Waals surface area contributed by atoms with Crippen LogP contribution in [-0.4, -0.2) is 36.0 Å². The summed E-state index contributed by atoms with van der Waals surface area (Å²) in [4.78, 5) is 6.77. The molecule has 0 spiro atoms. The van der Waals surface area contributed by atoms with Gasteiger partial charge in [-0.1, -0.05) is 6.92 Å². The standard InChI is InChI=1S/C13H21ClN2O/c1-5-16(7-6-14)9-12-11(3)13(17-4)10(2)8-15-12/h8H,5-7,9H2,1-4H3. The van der Waals surface area contributed by atoms with Gasteiger partial charge in [0.2, 0.25) is 0 Å². The van der Waals surface area contributed by atoms with Gasteiger partial charge in [-0.15, -0.1) is 11.6 Å². The van der Waals surface area contributed by atoms with E-state index in [1.54, 1.807) is 7.11 Å². The van der Waals surface area contributed by atoms with E-state index in [9.17, 15) is 0 Å². The molecule has 4 heteroatoms. The van der Waals surface area contributed by atoms with Crippen molar-refractivity contribution in [1.82, 2.24) is 9.88 Å². The highest BCUT2D eigenvalue weighted by atomic mass is 35.5. The highest BCUT2D eigenvalue weighted by Crippen LogP contribution is 2.24. The topological polar surface area (TPSA) is 25.4 Å². The van der Waals surface area contributed by atoms with Crippen LogP contribution in [0, 0.1) is 13.8 Å². The Bertz CT molecular complexity index is 369. The SMILES string of the molecule is CCN(CCCl)Cc1ncc(C)c(OC)c1C. The predicted octanol–water partition coefficient (Wildman–Crippen LogP) is 2.77. The second kappa shape index (κ2) is 6.82. The second-order valence-electron chi connectivity index (χ2n) is 4.10. The van der Waals surface area contributed by atoms with E-state index in [0.29, 0.717) is 5.88 Å². The summed E-state index contributed by atoms with van der Waals surface area (Å²) in [6.45, 7) is 8.89. The zero-order valence-electron chi connectivity index (χ0n) is 11.1. The molecular formula is C13H21ClN2O. The zero-order chi connectivity index (χ0) is 12.8. The molecule has 0 aliphatic heterocycles. The number of alkyl halides is 1. The van der Waals surface area contributed by atoms with Gasteiger partial charge in [-0.25, -0.2) is 0 Å². The third-order valence-corrected chi connectivity index (χ3v) is 3.14. The number of hydrogen-bond donors (Lipinski definition) is 0. The van der Waals surface area contributed by atoms with Gasteiger partial charge in [0, 0.05) is 36.3 Å². The zero-order valence-corrected chi connectivity index (χ0v) is 11.8. The molecule has 0 saturated carbocycles. The third-order valence-electron chi connectivity index (χ3n) is 2.97. The molecular weight excluding hydrogens is 236 g/mol. The average molecular weight is 257 g/mol. The Labute approximate surface area is 109 Å². The van der Waals surface area contributed by atoms with Crippen LogP contribution in [0.1, 0.15) is 23.7 Å². The van der Waals surface area contributed by atoms with Gasteiger partial charge in [-0.05, 0) is 20.4 Å². The summed E-state index contributed by atoms with van der Waals surface area (Å²) in [5.74, 6) is 1.59. The summed E-state index contributed by atoms with van der Waals surface area (Å²) in [5.41, 5.74) is 3.27. The number of aryl methyl sites for hydroxylation is 1. The summed E-state index contributed by atoms with van der Waals surface area (Å²) in [6, 6.07) is 0. The van der Waals surface area contributed by atoms with Crippen molar-refractivity contribution in [3.05, 3.63) is 23.0 Å². The molecule has 1 rings (SSSR count). The molecule has 0 radical (unpaired) electrons. The number of hydrogen-bond acceptors (Lipinski definition) is 3. The van der Waals surface area contributed by atoms with E-state index in [-0.39, 0.29) is 0 Å². The highest BCUT2D eigenvalue weighted by Gasteiger charge is 2.12. The Kier molecular flexibility index (Phi) is 5.72. The van der Waals surface area contributed by atoms with E-state index in [0.717, 1.165) is 42.2 Å². The van der Waals surface area contributed by atoms with E-state index in [1.165, 1.54) is 0 Å². The molecule has 1 heterocycles. The van der Waals surface area contributed by atoms with Crippen LogP contribution in [0.5, 0.6) is 5.75 Å². The first-order valence-electron chi connectivity index (χ1n) is 5.91. The molecule has 0 aliphatic carbocycles. The number of nitrogens with zero attached hydrogens (tertiary/aromatic N) is 2. The molecule has 0 unspecified atom stereocenters. The molecule has 1 aromatic rings. The molecule has 0 atom stereocenters. The molecule has 0 amide bonds. The molecule has 0 aromatic carbocycles. The number of ether oxygens (including phenoxy) is 1. The normalized spacial score (nSPS) is 10.9. The van der Waals surface area contributed by atoms with Crippen LogP contribution >= 0.6 is 11.6 Å². The summed E-state index contributed by atoms with van der Waals surface area (Å²) in [7, 11) is 1.70. The highest BCUT2D eigenvalue weighted by molar-refractivity contribution is 6.18. The molecule has 0 N–H and O–H groups in total. The van der Waals surface area contributed by atoms with Crippen molar-refractivity contribution in [3.63, 3.8) is 0 Å². The van der Waals surface area contributed by atoms with Crippen LogP contribution in [0.2, 0.25) is 0 Å². The van der Waals surface area contributed by atoms with Crippen molar-refractivity contribution in [2.45, 2.75) is 27.3 Å². The van der Waals surface area contributed by atoms with Gasteiger partial charge in [0.25, 0.3) is 0 Å². The summed E-state index contributed by atoms with van der Waals surface area (Å²) in [6.07, 6.45) is 1.87. The van der Waals surface area contributed by atoms with E-state index in [2.05, 4.69) is 23.7 Å². The Hall–Kier alpha value is -0.800. The molecule has 96 valence electrons. The summed E-state index contributed by atoms with van der Waals surface area (Å²) in [5, 5.41) is 0. The Morgan fingerprint density at radius 2 is 2.12 bits per heavy atom. The van der Waals surface area contributed by atoms with E-state index in [1.807, 2.05) is 13.1 Å². The lowest BCUT2D eigenvalue weighted by Crippen LogP contribution is -2.26.